The molecule has 1 aliphatic heterocycles. The Balaban J connectivity index is 1.61. The molecule has 0 spiro atoms. The van der Waals surface area contributed by atoms with E-state index in [0.717, 1.165) is 18.5 Å². The van der Waals surface area contributed by atoms with E-state index in [0.29, 0.717) is 36.8 Å². The van der Waals surface area contributed by atoms with Crippen LogP contribution in [0.15, 0.2) is 23.6 Å². The lowest BCUT2D eigenvalue weighted by Crippen LogP contribution is -2.40. The maximum atomic E-state index is 12.3. The minimum absolute atomic E-state index is 0.00837. The molecule has 1 saturated heterocycles. The molecule has 1 fully saturated rings. The van der Waals surface area contributed by atoms with Gasteiger partial charge < -0.3 is 9.88 Å². The Bertz CT molecular complexity index is 742. The van der Waals surface area contributed by atoms with Crippen LogP contribution < -0.4 is 5.56 Å². The number of imidazole rings is 1. The van der Waals surface area contributed by atoms with Crippen LogP contribution in [0.25, 0.3) is 0 Å². The summed E-state index contributed by atoms with van der Waals surface area (Å²) in [5, 5.41) is 0. The van der Waals surface area contributed by atoms with Gasteiger partial charge in [-0.15, -0.1) is 0 Å². The van der Waals surface area contributed by atoms with Gasteiger partial charge in [0, 0.05) is 30.9 Å². The monoisotopic (exact) mass is 315 g/mol. The molecule has 7 heteroatoms. The highest BCUT2D eigenvalue weighted by Crippen LogP contribution is 2.20. The third-order valence-corrected chi connectivity index (χ3v) is 4.60. The summed E-state index contributed by atoms with van der Waals surface area (Å²) < 4.78 is 1.69. The number of nitrogens with one attached hydrogen (secondary N) is 1. The smallest absolute Gasteiger partial charge is 0.271 e. The van der Waals surface area contributed by atoms with Gasteiger partial charge in [0.15, 0.2) is 0 Å². The average molecular weight is 315 g/mol. The summed E-state index contributed by atoms with van der Waals surface area (Å²) >= 11 is 0. The SMILES string of the molecule is Cc1ncn(CC2CCN(C(=O)c3cnc[nH]3)CC2)c(=O)c1C. The second-order valence-electron chi connectivity index (χ2n) is 6.11. The second kappa shape index (κ2) is 6.36. The summed E-state index contributed by atoms with van der Waals surface area (Å²) in [6, 6.07) is 0. The molecule has 0 radical (unpaired) electrons. The number of hydrogen-bond donors (Lipinski definition) is 1. The summed E-state index contributed by atoms with van der Waals surface area (Å²) in [6.07, 6.45) is 6.47. The second-order valence-corrected chi connectivity index (χ2v) is 6.11. The van der Waals surface area contributed by atoms with Crippen molar-refractivity contribution >= 4 is 5.91 Å². The molecule has 0 saturated carbocycles. The highest BCUT2D eigenvalue weighted by atomic mass is 16.2. The number of H-pyrrole nitrogens is 1. The molecule has 2 aromatic rings. The van der Waals surface area contributed by atoms with E-state index < -0.39 is 0 Å². The predicted molar refractivity (Wildman–Crippen MR) is 85.2 cm³/mol. The fourth-order valence-electron chi connectivity index (χ4n) is 2.95. The Kier molecular flexibility index (Phi) is 4.27. The van der Waals surface area contributed by atoms with Crippen LogP contribution in [-0.4, -0.2) is 43.4 Å². The number of carbonyl (C=O) groups is 1. The van der Waals surface area contributed by atoms with Crippen molar-refractivity contribution in [3.8, 4) is 0 Å². The molecule has 0 atom stereocenters. The number of aryl methyl sites for hydroxylation is 1. The Hall–Kier alpha value is -2.44. The Labute approximate surface area is 134 Å². The van der Waals surface area contributed by atoms with Gasteiger partial charge in [0.25, 0.3) is 11.5 Å². The standard InChI is InChI=1S/C16H21N5O2/c1-11-12(2)19-10-21(15(11)22)8-13-3-5-20(6-4-13)16(23)14-7-17-9-18-14/h7,9-10,13H,3-6,8H2,1-2H3,(H,17,18). The summed E-state index contributed by atoms with van der Waals surface area (Å²) in [7, 11) is 0. The minimum Gasteiger partial charge on any atom is -0.341 e. The van der Waals surface area contributed by atoms with E-state index in [1.807, 2.05) is 18.7 Å². The number of piperidine rings is 1. The molecule has 0 unspecified atom stereocenters. The first-order chi connectivity index (χ1) is 11.1. The predicted octanol–water partition coefficient (Wildman–Crippen LogP) is 1.14. The molecular formula is C16H21N5O2. The quantitative estimate of drug-likeness (QED) is 0.920. The molecular weight excluding hydrogens is 294 g/mol. The van der Waals surface area contributed by atoms with Gasteiger partial charge in [0.2, 0.25) is 0 Å². The molecule has 3 heterocycles. The van der Waals surface area contributed by atoms with Crippen LogP contribution in [0.5, 0.6) is 0 Å². The van der Waals surface area contributed by atoms with E-state index >= 15 is 0 Å². The van der Waals surface area contributed by atoms with Crippen molar-refractivity contribution in [1.29, 1.82) is 0 Å². The van der Waals surface area contributed by atoms with Crippen molar-refractivity contribution in [2.24, 2.45) is 5.92 Å². The lowest BCUT2D eigenvalue weighted by molar-refractivity contribution is 0.0677. The van der Waals surface area contributed by atoms with E-state index in [1.165, 1.54) is 6.33 Å². The maximum absolute atomic E-state index is 12.3. The summed E-state index contributed by atoms with van der Waals surface area (Å²) in [4.78, 5) is 37.3. The Morgan fingerprint density at radius 3 is 2.74 bits per heavy atom. The first-order valence-corrected chi connectivity index (χ1v) is 7.86. The molecule has 0 aliphatic carbocycles. The molecule has 0 bridgehead atoms. The van der Waals surface area contributed by atoms with Gasteiger partial charge in [-0.1, -0.05) is 0 Å². The van der Waals surface area contributed by atoms with E-state index in [-0.39, 0.29) is 11.5 Å². The van der Waals surface area contributed by atoms with Crippen LogP contribution in [0.4, 0.5) is 0 Å². The zero-order chi connectivity index (χ0) is 16.4. The molecule has 7 nitrogen and oxygen atoms in total. The molecule has 1 N–H and O–H groups in total. The first kappa shape index (κ1) is 15.5. The average Bonchev–Trinajstić information content (AvgIpc) is 3.10. The van der Waals surface area contributed by atoms with Crippen molar-refractivity contribution in [3.05, 3.63) is 46.2 Å². The third kappa shape index (κ3) is 3.18. The number of nitrogens with zero attached hydrogens (tertiary/aromatic N) is 4. The van der Waals surface area contributed by atoms with Gasteiger partial charge >= 0.3 is 0 Å². The van der Waals surface area contributed by atoms with Crippen LogP contribution in [0, 0.1) is 19.8 Å². The fraction of sp³-hybridized carbons (Fsp3) is 0.500. The van der Waals surface area contributed by atoms with Crippen LogP contribution in [0.1, 0.15) is 34.6 Å². The zero-order valence-electron chi connectivity index (χ0n) is 13.5. The van der Waals surface area contributed by atoms with Crippen LogP contribution in [-0.2, 0) is 6.54 Å². The van der Waals surface area contributed by atoms with Gasteiger partial charge in [-0.05, 0) is 32.6 Å². The Morgan fingerprint density at radius 2 is 2.09 bits per heavy atom. The molecule has 122 valence electrons. The number of aromatic amines is 1. The van der Waals surface area contributed by atoms with Gasteiger partial charge in [-0.2, -0.15) is 0 Å². The van der Waals surface area contributed by atoms with Gasteiger partial charge in [-0.25, -0.2) is 9.97 Å². The zero-order valence-corrected chi connectivity index (χ0v) is 13.5. The number of aromatic nitrogens is 4. The normalized spacial score (nSPS) is 15.8. The maximum Gasteiger partial charge on any atom is 0.271 e. The summed E-state index contributed by atoms with van der Waals surface area (Å²) in [5.74, 6) is 0.383. The van der Waals surface area contributed by atoms with E-state index in [2.05, 4.69) is 15.0 Å². The molecule has 1 aliphatic rings. The van der Waals surface area contributed by atoms with Gasteiger partial charge in [0.05, 0.1) is 18.9 Å². The van der Waals surface area contributed by atoms with Gasteiger partial charge in [0.1, 0.15) is 5.69 Å². The third-order valence-electron chi connectivity index (χ3n) is 4.60. The summed E-state index contributed by atoms with van der Waals surface area (Å²) in [6.45, 7) is 5.73. The van der Waals surface area contributed by atoms with Crippen molar-refractivity contribution < 1.29 is 4.79 Å². The molecule has 23 heavy (non-hydrogen) atoms. The van der Waals surface area contributed by atoms with Crippen molar-refractivity contribution in [3.63, 3.8) is 0 Å². The Morgan fingerprint density at radius 1 is 1.35 bits per heavy atom. The minimum atomic E-state index is -0.00837. The molecule has 3 rings (SSSR count). The highest BCUT2D eigenvalue weighted by molar-refractivity contribution is 5.92. The van der Waals surface area contributed by atoms with E-state index in [9.17, 15) is 9.59 Å². The number of rotatable bonds is 3. The van der Waals surface area contributed by atoms with E-state index in [1.54, 1.807) is 17.1 Å². The summed E-state index contributed by atoms with van der Waals surface area (Å²) in [5.41, 5.74) is 2.05. The van der Waals surface area contributed by atoms with Crippen molar-refractivity contribution in [2.75, 3.05) is 13.1 Å². The first-order valence-electron chi connectivity index (χ1n) is 7.86. The molecule has 2 aromatic heterocycles. The number of likely N-dealkylation sites (tertiary alicyclic amines) is 1. The lowest BCUT2D eigenvalue weighted by atomic mass is 9.96. The van der Waals surface area contributed by atoms with E-state index in [4.69, 9.17) is 0 Å². The van der Waals surface area contributed by atoms with Crippen LogP contribution >= 0.6 is 0 Å². The van der Waals surface area contributed by atoms with Crippen molar-refractivity contribution in [2.45, 2.75) is 33.2 Å². The number of amides is 1. The largest absolute Gasteiger partial charge is 0.341 e. The lowest BCUT2D eigenvalue weighted by Gasteiger charge is -2.32. The topological polar surface area (TPSA) is 83.9 Å². The fourth-order valence-corrected chi connectivity index (χ4v) is 2.95. The molecule has 0 aromatic carbocycles. The van der Waals surface area contributed by atoms with Gasteiger partial charge in [-0.3, -0.25) is 14.2 Å². The van der Waals surface area contributed by atoms with Crippen LogP contribution in [0.2, 0.25) is 0 Å². The van der Waals surface area contributed by atoms with Crippen LogP contribution in [0.3, 0.4) is 0 Å². The highest BCUT2D eigenvalue weighted by Gasteiger charge is 2.24. The number of hydrogen-bond acceptors (Lipinski definition) is 4. The molecule has 1 amide bonds. The number of carbonyl (C=O) groups excluding carboxylic acids is 1. The van der Waals surface area contributed by atoms with Crippen molar-refractivity contribution in [1.82, 2.24) is 24.4 Å².